The molecule has 0 aliphatic heterocycles. The van der Waals surface area contributed by atoms with Crippen LogP contribution in [-0.2, 0) is 4.79 Å². The van der Waals surface area contributed by atoms with Crippen molar-refractivity contribution in [3.63, 3.8) is 0 Å². The summed E-state index contributed by atoms with van der Waals surface area (Å²) in [5.74, 6) is 1.16. The Hall–Kier alpha value is -1.89. The van der Waals surface area contributed by atoms with E-state index >= 15 is 0 Å². The van der Waals surface area contributed by atoms with Crippen molar-refractivity contribution in [3.05, 3.63) is 71.8 Å². The molecule has 1 aliphatic carbocycles. The minimum Gasteiger partial charge on any atom is -0.300 e. The molecule has 96 valence electrons. The van der Waals surface area contributed by atoms with Crippen molar-refractivity contribution < 1.29 is 4.79 Å². The van der Waals surface area contributed by atoms with Gasteiger partial charge in [0.15, 0.2) is 0 Å². The van der Waals surface area contributed by atoms with Gasteiger partial charge in [0.2, 0.25) is 0 Å². The summed E-state index contributed by atoms with van der Waals surface area (Å²) < 4.78 is 0. The molecule has 0 spiro atoms. The SMILES string of the molecule is O=C1C[C@H](c2ccccc2)C[C@@H](c2ccccc2)C1. The highest BCUT2D eigenvalue weighted by atomic mass is 16.1. The summed E-state index contributed by atoms with van der Waals surface area (Å²) >= 11 is 0. The maximum Gasteiger partial charge on any atom is 0.134 e. The van der Waals surface area contributed by atoms with Gasteiger partial charge in [-0.25, -0.2) is 0 Å². The second kappa shape index (κ2) is 5.40. The van der Waals surface area contributed by atoms with Gasteiger partial charge < -0.3 is 0 Å². The first-order valence-corrected chi connectivity index (χ1v) is 6.94. The predicted octanol–water partition coefficient (Wildman–Crippen LogP) is 4.31. The monoisotopic (exact) mass is 250 g/mol. The van der Waals surface area contributed by atoms with Crippen LogP contribution in [0.5, 0.6) is 0 Å². The molecule has 0 radical (unpaired) electrons. The molecule has 0 heterocycles. The molecule has 0 amide bonds. The van der Waals surface area contributed by atoms with E-state index in [0.29, 0.717) is 30.5 Å². The summed E-state index contributed by atoms with van der Waals surface area (Å²) in [6.45, 7) is 0. The lowest BCUT2D eigenvalue weighted by molar-refractivity contribution is -0.121. The third-order valence-electron chi connectivity index (χ3n) is 4.06. The van der Waals surface area contributed by atoms with E-state index in [1.165, 1.54) is 11.1 Å². The average Bonchev–Trinajstić information content (AvgIpc) is 2.48. The van der Waals surface area contributed by atoms with Crippen LogP contribution in [0.2, 0.25) is 0 Å². The first-order chi connectivity index (χ1) is 9.33. The fraction of sp³-hybridized carbons (Fsp3) is 0.278. The normalized spacial score (nSPS) is 23.3. The van der Waals surface area contributed by atoms with Crippen molar-refractivity contribution in [1.82, 2.24) is 0 Å². The molecule has 1 saturated carbocycles. The maximum atomic E-state index is 12.0. The molecule has 3 rings (SSSR count). The Morgan fingerprint density at radius 1 is 0.684 bits per heavy atom. The summed E-state index contributed by atoms with van der Waals surface area (Å²) in [5, 5.41) is 0. The zero-order valence-corrected chi connectivity index (χ0v) is 11.0. The molecule has 1 nitrogen and oxygen atoms in total. The molecule has 0 N–H and O–H groups in total. The molecular formula is C18H18O. The summed E-state index contributed by atoms with van der Waals surface area (Å²) in [4.78, 5) is 12.0. The minimum absolute atomic E-state index is 0.382. The van der Waals surface area contributed by atoms with E-state index in [2.05, 4.69) is 48.5 Å². The van der Waals surface area contributed by atoms with E-state index in [9.17, 15) is 4.79 Å². The van der Waals surface area contributed by atoms with E-state index in [1.807, 2.05) is 12.1 Å². The zero-order chi connectivity index (χ0) is 13.1. The first kappa shape index (κ1) is 12.2. The standard InChI is InChI=1S/C18H18O/c19-18-12-16(14-7-3-1-4-8-14)11-17(13-18)15-9-5-2-6-10-15/h1-10,16-17H,11-13H2/t16-,17-/m1/s1. The van der Waals surface area contributed by atoms with Crippen LogP contribution in [0.25, 0.3) is 0 Å². The molecule has 0 bridgehead atoms. The van der Waals surface area contributed by atoms with Crippen LogP contribution in [0.15, 0.2) is 60.7 Å². The van der Waals surface area contributed by atoms with Crippen molar-refractivity contribution in [2.45, 2.75) is 31.1 Å². The molecule has 2 atom stereocenters. The van der Waals surface area contributed by atoms with E-state index in [4.69, 9.17) is 0 Å². The molecule has 2 aromatic carbocycles. The van der Waals surface area contributed by atoms with Gasteiger partial charge >= 0.3 is 0 Å². The first-order valence-electron chi connectivity index (χ1n) is 6.94. The average molecular weight is 250 g/mol. The lowest BCUT2D eigenvalue weighted by atomic mass is 9.75. The second-order valence-electron chi connectivity index (χ2n) is 5.40. The van der Waals surface area contributed by atoms with Crippen molar-refractivity contribution in [2.24, 2.45) is 0 Å². The van der Waals surface area contributed by atoms with Crippen molar-refractivity contribution >= 4 is 5.78 Å². The molecule has 0 aromatic heterocycles. The Kier molecular flexibility index (Phi) is 3.45. The van der Waals surface area contributed by atoms with Crippen molar-refractivity contribution in [2.75, 3.05) is 0 Å². The van der Waals surface area contributed by atoms with Crippen LogP contribution in [0.1, 0.15) is 42.2 Å². The molecule has 1 aliphatic rings. The van der Waals surface area contributed by atoms with Crippen LogP contribution in [0.4, 0.5) is 0 Å². The summed E-state index contributed by atoms with van der Waals surface area (Å²) in [6.07, 6.45) is 2.49. The van der Waals surface area contributed by atoms with Crippen LogP contribution < -0.4 is 0 Å². The Labute approximate surface area is 114 Å². The van der Waals surface area contributed by atoms with Gasteiger partial charge in [-0.15, -0.1) is 0 Å². The second-order valence-corrected chi connectivity index (χ2v) is 5.40. The van der Waals surface area contributed by atoms with Crippen molar-refractivity contribution in [3.8, 4) is 0 Å². The summed E-state index contributed by atoms with van der Waals surface area (Å²) in [7, 11) is 0. The Balaban J connectivity index is 1.84. The fourth-order valence-electron chi connectivity index (χ4n) is 3.10. The van der Waals surface area contributed by atoms with Crippen molar-refractivity contribution in [1.29, 1.82) is 0 Å². The van der Waals surface area contributed by atoms with Gasteiger partial charge in [-0.05, 0) is 29.4 Å². The molecule has 2 aromatic rings. The minimum atomic E-state index is 0.382. The number of Topliss-reactive ketones (excluding diaryl/α,β-unsaturated/α-hetero) is 1. The number of rotatable bonds is 2. The van der Waals surface area contributed by atoms with Crippen LogP contribution in [0, 0.1) is 0 Å². The van der Waals surface area contributed by atoms with Gasteiger partial charge in [0.05, 0.1) is 0 Å². The van der Waals surface area contributed by atoms with Gasteiger partial charge in [0.25, 0.3) is 0 Å². The number of benzene rings is 2. The number of carbonyl (C=O) groups excluding carboxylic acids is 1. The number of carbonyl (C=O) groups is 1. The van der Waals surface area contributed by atoms with Gasteiger partial charge in [-0.3, -0.25) is 4.79 Å². The lowest BCUT2D eigenvalue weighted by Gasteiger charge is -2.29. The lowest BCUT2D eigenvalue weighted by Crippen LogP contribution is -2.20. The van der Waals surface area contributed by atoms with Crippen LogP contribution in [0.3, 0.4) is 0 Å². The zero-order valence-electron chi connectivity index (χ0n) is 11.0. The summed E-state index contributed by atoms with van der Waals surface area (Å²) in [6, 6.07) is 20.9. The van der Waals surface area contributed by atoms with Crippen LogP contribution in [-0.4, -0.2) is 5.78 Å². The van der Waals surface area contributed by atoms with Crippen LogP contribution >= 0.6 is 0 Å². The topological polar surface area (TPSA) is 17.1 Å². The fourth-order valence-corrected chi connectivity index (χ4v) is 3.10. The molecule has 19 heavy (non-hydrogen) atoms. The Morgan fingerprint density at radius 2 is 1.11 bits per heavy atom. The predicted molar refractivity (Wildman–Crippen MR) is 77.2 cm³/mol. The van der Waals surface area contributed by atoms with Gasteiger partial charge in [-0.2, -0.15) is 0 Å². The molecule has 0 unspecified atom stereocenters. The molecule has 0 saturated heterocycles. The highest BCUT2D eigenvalue weighted by molar-refractivity contribution is 5.81. The highest BCUT2D eigenvalue weighted by Crippen LogP contribution is 2.39. The number of hydrogen-bond acceptors (Lipinski definition) is 1. The van der Waals surface area contributed by atoms with E-state index in [0.717, 1.165) is 6.42 Å². The number of hydrogen-bond donors (Lipinski definition) is 0. The smallest absolute Gasteiger partial charge is 0.134 e. The van der Waals surface area contributed by atoms with E-state index < -0.39 is 0 Å². The maximum absolute atomic E-state index is 12.0. The molecule has 1 fully saturated rings. The van der Waals surface area contributed by atoms with E-state index in [1.54, 1.807) is 0 Å². The van der Waals surface area contributed by atoms with E-state index in [-0.39, 0.29) is 0 Å². The summed E-state index contributed by atoms with van der Waals surface area (Å²) in [5.41, 5.74) is 2.60. The highest BCUT2D eigenvalue weighted by Gasteiger charge is 2.28. The Morgan fingerprint density at radius 3 is 1.53 bits per heavy atom. The largest absolute Gasteiger partial charge is 0.300 e. The third kappa shape index (κ3) is 2.76. The Bertz CT molecular complexity index is 495. The third-order valence-corrected chi connectivity index (χ3v) is 4.06. The number of ketones is 1. The molecule has 1 heteroatoms. The van der Waals surface area contributed by atoms with Gasteiger partial charge in [0.1, 0.15) is 5.78 Å². The quantitative estimate of drug-likeness (QED) is 0.776. The molecular weight excluding hydrogens is 232 g/mol. The van der Waals surface area contributed by atoms with Gasteiger partial charge in [-0.1, -0.05) is 60.7 Å². The van der Waals surface area contributed by atoms with Gasteiger partial charge in [0, 0.05) is 12.8 Å².